The maximum absolute atomic E-state index is 9.99. The predicted molar refractivity (Wildman–Crippen MR) is 93.3 cm³/mol. The normalized spacial score (nSPS) is 10.5. The summed E-state index contributed by atoms with van der Waals surface area (Å²) in [6.45, 7) is 4.39. The van der Waals surface area contributed by atoms with E-state index >= 15 is 0 Å². The molecular weight excluding hydrogens is 398 g/mol. The molecule has 0 spiro atoms. The summed E-state index contributed by atoms with van der Waals surface area (Å²) in [4.78, 5) is 0. The molecule has 2 aromatic rings. The van der Waals surface area contributed by atoms with E-state index in [0.717, 1.165) is 37.1 Å². The van der Waals surface area contributed by atoms with Crippen molar-refractivity contribution in [1.29, 1.82) is 0 Å². The van der Waals surface area contributed by atoms with Crippen LogP contribution in [0.15, 0.2) is 33.2 Å². The third-order valence-corrected chi connectivity index (χ3v) is 4.44. The fourth-order valence-corrected chi connectivity index (χ4v) is 3.67. The van der Waals surface area contributed by atoms with Gasteiger partial charge in [-0.3, -0.25) is 0 Å². The number of aromatic hydroxyl groups is 1. The van der Waals surface area contributed by atoms with E-state index in [9.17, 15) is 5.11 Å². The molecule has 0 heterocycles. The molecule has 0 saturated carbocycles. The number of aryl methyl sites for hydroxylation is 1. The molecule has 2 rings (SSSR count). The van der Waals surface area contributed by atoms with Crippen molar-refractivity contribution in [2.75, 3.05) is 12.4 Å². The van der Waals surface area contributed by atoms with Gasteiger partial charge >= 0.3 is 0 Å². The summed E-state index contributed by atoms with van der Waals surface area (Å²) in [5, 5.41) is 13.3. The molecule has 2 N–H and O–H groups in total. The summed E-state index contributed by atoms with van der Waals surface area (Å²) in [6.07, 6.45) is 0. The second-order valence-electron chi connectivity index (χ2n) is 4.84. The van der Waals surface area contributed by atoms with Gasteiger partial charge in [-0.1, -0.05) is 22.0 Å². The summed E-state index contributed by atoms with van der Waals surface area (Å²) < 4.78 is 7.32. The highest BCUT2D eigenvalue weighted by Crippen LogP contribution is 2.34. The molecule has 5 heteroatoms. The highest BCUT2D eigenvalue weighted by atomic mass is 79.9. The van der Waals surface area contributed by atoms with Crippen LogP contribution in [0, 0.1) is 13.8 Å². The summed E-state index contributed by atoms with van der Waals surface area (Å²) in [5.41, 5.74) is 3.67. The SMILES string of the molecule is COc1c(Br)cc(Br)cc1CNc1ccc(C)c(O)c1C. The average molecular weight is 415 g/mol. The maximum Gasteiger partial charge on any atom is 0.138 e. The average Bonchev–Trinajstić information content (AvgIpc) is 2.43. The van der Waals surface area contributed by atoms with Gasteiger partial charge in [-0.25, -0.2) is 0 Å². The van der Waals surface area contributed by atoms with E-state index in [-0.39, 0.29) is 0 Å². The molecule has 3 nitrogen and oxygen atoms in total. The van der Waals surface area contributed by atoms with E-state index in [1.54, 1.807) is 7.11 Å². The first kappa shape index (κ1) is 16.2. The lowest BCUT2D eigenvalue weighted by atomic mass is 10.1. The zero-order valence-electron chi connectivity index (χ0n) is 12.1. The van der Waals surface area contributed by atoms with Crippen LogP contribution < -0.4 is 10.1 Å². The van der Waals surface area contributed by atoms with Crippen LogP contribution in [-0.2, 0) is 6.54 Å². The van der Waals surface area contributed by atoms with E-state index in [4.69, 9.17) is 4.74 Å². The number of phenols is 1. The first-order valence-corrected chi connectivity index (χ1v) is 8.07. The Morgan fingerprint density at radius 3 is 2.57 bits per heavy atom. The van der Waals surface area contributed by atoms with E-state index in [1.165, 1.54) is 0 Å². The summed E-state index contributed by atoms with van der Waals surface area (Å²) in [7, 11) is 1.65. The van der Waals surface area contributed by atoms with Crippen LogP contribution in [0.25, 0.3) is 0 Å². The van der Waals surface area contributed by atoms with Crippen LogP contribution >= 0.6 is 31.9 Å². The van der Waals surface area contributed by atoms with Crippen molar-refractivity contribution in [2.45, 2.75) is 20.4 Å². The highest BCUT2D eigenvalue weighted by molar-refractivity contribution is 9.11. The molecule has 2 aromatic carbocycles. The van der Waals surface area contributed by atoms with E-state index in [2.05, 4.69) is 37.2 Å². The monoisotopic (exact) mass is 413 g/mol. The first-order valence-electron chi connectivity index (χ1n) is 6.49. The molecule has 21 heavy (non-hydrogen) atoms. The van der Waals surface area contributed by atoms with Gasteiger partial charge in [-0.15, -0.1) is 0 Å². The number of rotatable bonds is 4. The fraction of sp³-hybridized carbons (Fsp3) is 0.250. The molecular formula is C16H17Br2NO2. The van der Waals surface area contributed by atoms with Gasteiger partial charge < -0.3 is 15.2 Å². The number of halogens is 2. The molecule has 0 radical (unpaired) electrons. The van der Waals surface area contributed by atoms with Crippen molar-refractivity contribution in [1.82, 2.24) is 0 Å². The van der Waals surface area contributed by atoms with Crippen LogP contribution in [0.2, 0.25) is 0 Å². The molecule has 0 saturated heterocycles. The molecule has 0 aliphatic carbocycles. The number of anilines is 1. The number of nitrogens with one attached hydrogen (secondary N) is 1. The lowest BCUT2D eigenvalue weighted by Crippen LogP contribution is -2.04. The first-order chi connectivity index (χ1) is 9.93. The fourth-order valence-electron chi connectivity index (χ4n) is 2.19. The molecule has 112 valence electrons. The Balaban J connectivity index is 2.27. The van der Waals surface area contributed by atoms with E-state index < -0.39 is 0 Å². The second-order valence-corrected chi connectivity index (χ2v) is 6.61. The molecule has 0 fully saturated rings. The molecule has 0 aliphatic heterocycles. The number of ether oxygens (including phenoxy) is 1. The Labute approximate surface area is 141 Å². The van der Waals surface area contributed by atoms with Crippen LogP contribution in [0.5, 0.6) is 11.5 Å². The molecule has 0 atom stereocenters. The van der Waals surface area contributed by atoms with Gasteiger partial charge in [0.1, 0.15) is 11.5 Å². The van der Waals surface area contributed by atoms with Crippen molar-refractivity contribution in [3.8, 4) is 11.5 Å². The largest absolute Gasteiger partial charge is 0.507 e. The van der Waals surface area contributed by atoms with Crippen molar-refractivity contribution < 1.29 is 9.84 Å². The molecule has 0 unspecified atom stereocenters. The van der Waals surface area contributed by atoms with Gasteiger partial charge in [-0.2, -0.15) is 0 Å². The Bertz CT molecular complexity index is 672. The third kappa shape index (κ3) is 3.52. The number of methoxy groups -OCH3 is 1. The lowest BCUT2D eigenvalue weighted by Gasteiger charge is -2.15. The highest BCUT2D eigenvalue weighted by Gasteiger charge is 2.11. The summed E-state index contributed by atoms with van der Waals surface area (Å²) in [6, 6.07) is 7.84. The van der Waals surface area contributed by atoms with Crippen LogP contribution in [0.3, 0.4) is 0 Å². The standard InChI is InChI=1S/C16H17Br2NO2/c1-9-4-5-14(10(2)15(9)20)19-8-11-6-12(17)7-13(18)16(11)21-3/h4-7,19-20H,8H2,1-3H3. The molecule has 0 bridgehead atoms. The number of phenolic OH excluding ortho intramolecular Hbond substituents is 1. The zero-order valence-corrected chi connectivity index (χ0v) is 15.3. The van der Waals surface area contributed by atoms with Gasteiger partial charge in [0, 0.05) is 27.8 Å². The van der Waals surface area contributed by atoms with Gasteiger partial charge in [0.25, 0.3) is 0 Å². The van der Waals surface area contributed by atoms with Crippen LogP contribution in [0.1, 0.15) is 16.7 Å². The van der Waals surface area contributed by atoms with Crippen LogP contribution in [0.4, 0.5) is 5.69 Å². The summed E-state index contributed by atoms with van der Waals surface area (Å²) in [5.74, 6) is 1.14. The predicted octanol–water partition coefficient (Wildman–Crippen LogP) is 5.15. The topological polar surface area (TPSA) is 41.5 Å². The Kier molecular flexibility index (Phi) is 5.17. The summed E-state index contributed by atoms with van der Waals surface area (Å²) >= 11 is 6.98. The molecule has 0 amide bonds. The van der Waals surface area contributed by atoms with Gasteiger partial charge in [-0.05, 0) is 53.5 Å². The van der Waals surface area contributed by atoms with Crippen molar-refractivity contribution in [2.24, 2.45) is 0 Å². The Morgan fingerprint density at radius 2 is 1.90 bits per heavy atom. The molecule has 0 aromatic heterocycles. The quantitative estimate of drug-likeness (QED) is 0.726. The molecule has 0 aliphatic rings. The number of hydrogen-bond acceptors (Lipinski definition) is 3. The van der Waals surface area contributed by atoms with Crippen LogP contribution in [-0.4, -0.2) is 12.2 Å². The third-order valence-electron chi connectivity index (χ3n) is 3.39. The number of hydrogen-bond donors (Lipinski definition) is 2. The minimum atomic E-state index is 0.336. The van der Waals surface area contributed by atoms with E-state index in [0.29, 0.717) is 12.3 Å². The Hall–Kier alpha value is -1.20. The minimum Gasteiger partial charge on any atom is -0.507 e. The van der Waals surface area contributed by atoms with Crippen molar-refractivity contribution in [3.63, 3.8) is 0 Å². The van der Waals surface area contributed by atoms with Gasteiger partial charge in [0.2, 0.25) is 0 Å². The van der Waals surface area contributed by atoms with Crippen molar-refractivity contribution in [3.05, 3.63) is 49.9 Å². The maximum atomic E-state index is 9.99. The minimum absolute atomic E-state index is 0.336. The number of benzene rings is 2. The Morgan fingerprint density at radius 1 is 1.19 bits per heavy atom. The van der Waals surface area contributed by atoms with Crippen molar-refractivity contribution >= 4 is 37.5 Å². The van der Waals surface area contributed by atoms with Gasteiger partial charge in [0.05, 0.1) is 11.6 Å². The second kappa shape index (κ2) is 6.71. The van der Waals surface area contributed by atoms with E-state index in [1.807, 2.05) is 38.1 Å². The van der Waals surface area contributed by atoms with Gasteiger partial charge in [0.15, 0.2) is 0 Å². The lowest BCUT2D eigenvalue weighted by molar-refractivity contribution is 0.407. The zero-order chi connectivity index (χ0) is 15.6. The smallest absolute Gasteiger partial charge is 0.138 e.